The van der Waals surface area contributed by atoms with Gasteiger partial charge in [-0.1, -0.05) is 13.8 Å². The van der Waals surface area contributed by atoms with E-state index in [1.54, 1.807) is 6.92 Å². The Bertz CT molecular complexity index is 174. The van der Waals surface area contributed by atoms with Crippen molar-refractivity contribution in [1.29, 1.82) is 5.26 Å². The quantitative estimate of drug-likeness (QED) is 0.694. The van der Waals surface area contributed by atoms with Crippen molar-refractivity contribution in [3.63, 3.8) is 0 Å². The maximum Gasteiger partial charge on any atom is 0.408 e. The van der Waals surface area contributed by atoms with Gasteiger partial charge in [0, 0.05) is 6.54 Å². The molecule has 1 amide bonds. The topological polar surface area (TPSA) is 62.1 Å². The standard InChI is InChI=1S/C8H14N2O2/c1-3-5-10-8(11)12-7(4-2)6-9/h7H,3-5H2,1-2H3,(H,10,11). The summed E-state index contributed by atoms with van der Waals surface area (Å²) >= 11 is 0. The van der Waals surface area contributed by atoms with Crippen molar-refractivity contribution >= 4 is 6.09 Å². The Kier molecular flexibility index (Phi) is 5.80. The highest BCUT2D eigenvalue weighted by atomic mass is 16.6. The van der Waals surface area contributed by atoms with Gasteiger partial charge in [-0.3, -0.25) is 0 Å². The lowest BCUT2D eigenvalue weighted by molar-refractivity contribution is 0.121. The van der Waals surface area contributed by atoms with E-state index in [-0.39, 0.29) is 0 Å². The Morgan fingerprint density at radius 1 is 1.67 bits per heavy atom. The predicted molar refractivity (Wildman–Crippen MR) is 44.5 cm³/mol. The van der Waals surface area contributed by atoms with Crippen LogP contribution in [0.4, 0.5) is 4.79 Å². The van der Waals surface area contributed by atoms with Gasteiger partial charge in [0.15, 0.2) is 6.10 Å². The van der Waals surface area contributed by atoms with Gasteiger partial charge in [-0.15, -0.1) is 0 Å². The first-order valence-electron chi connectivity index (χ1n) is 4.08. The van der Waals surface area contributed by atoms with E-state index >= 15 is 0 Å². The molecule has 0 saturated heterocycles. The number of amides is 1. The molecule has 68 valence electrons. The number of carbonyl (C=O) groups is 1. The molecule has 1 atom stereocenters. The maximum absolute atomic E-state index is 10.8. The largest absolute Gasteiger partial charge is 0.431 e. The summed E-state index contributed by atoms with van der Waals surface area (Å²) in [4.78, 5) is 10.8. The number of rotatable bonds is 4. The number of nitriles is 1. The molecule has 12 heavy (non-hydrogen) atoms. The van der Waals surface area contributed by atoms with Gasteiger partial charge in [-0.25, -0.2) is 4.79 Å². The zero-order chi connectivity index (χ0) is 9.40. The molecule has 0 fully saturated rings. The third-order valence-corrected chi connectivity index (χ3v) is 1.28. The van der Waals surface area contributed by atoms with Crippen molar-refractivity contribution in [3.8, 4) is 6.07 Å². The van der Waals surface area contributed by atoms with Crippen LogP contribution in [0.25, 0.3) is 0 Å². The molecule has 0 radical (unpaired) electrons. The summed E-state index contributed by atoms with van der Waals surface area (Å²) in [5, 5.41) is 11.0. The number of carbonyl (C=O) groups excluding carboxylic acids is 1. The van der Waals surface area contributed by atoms with Crippen LogP contribution in [-0.4, -0.2) is 18.7 Å². The number of hydrogen-bond donors (Lipinski definition) is 1. The summed E-state index contributed by atoms with van der Waals surface area (Å²) in [5.74, 6) is 0. The normalized spacial score (nSPS) is 11.4. The highest BCUT2D eigenvalue weighted by Gasteiger charge is 2.09. The molecule has 0 aliphatic rings. The van der Waals surface area contributed by atoms with E-state index in [0.717, 1.165) is 6.42 Å². The van der Waals surface area contributed by atoms with E-state index in [9.17, 15) is 4.79 Å². The molecular weight excluding hydrogens is 156 g/mol. The SMILES string of the molecule is CCCNC(=O)OC(C#N)CC. The van der Waals surface area contributed by atoms with Gasteiger partial charge >= 0.3 is 6.09 Å². The molecule has 4 nitrogen and oxygen atoms in total. The minimum Gasteiger partial charge on any atom is -0.431 e. The number of hydrogen-bond acceptors (Lipinski definition) is 3. The van der Waals surface area contributed by atoms with Crippen LogP contribution in [0.2, 0.25) is 0 Å². The molecule has 4 heteroatoms. The summed E-state index contributed by atoms with van der Waals surface area (Å²) < 4.78 is 4.74. The molecule has 0 aliphatic heterocycles. The summed E-state index contributed by atoms with van der Waals surface area (Å²) in [7, 11) is 0. The molecule has 0 aromatic carbocycles. The lowest BCUT2D eigenvalue weighted by Gasteiger charge is -2.08. The predicted octanol–water partition coefficient (Wildman–Crippen LogP) is 1.42. The van der Waals surface area contributed by atoms with Crippen LogP contribution in [0.3, 0.4) is 0 Å². The molecule has 0 spiro atoms. The Morgan fingerprint density at radius 3 is 2.75 bits per heavy atom. The first kappa shape index (κ1) is 10.8. The van der Waals surface area contributed by atoms with Gasteiger partial charge in [0.1, 0.15) is 6.07 Å². The Hall–Kier alpha value is -1.24. The van der Waals surface area contributed by atoms with Crippen LogP contribution in [0.5, 0.6) is 0 Å². The smallest absolute Gasteiger partial charge is 0.408 e. The Labute approximate surface area is 72.5 Å². The van der Waals surface area contributed by atoms with Gasteiger partial charge in [0.2, 0.25) is 0 Å². The maximum atomic E-state index is 10.8. The fourth-order valence-corrected chi connectivity index (χ4v) is 0.599. The number of alkyl carbamates (subject to hydrolysis) is 1. The molecule has 0 saturated carbocycles. The first-order valence-corrected chi connectivity index (χ1v) is 4.08. The molecule has 0 aromatic heterocycles. The summed E-state index contributed by atoms with van der Waals surface area (Å²) in [6.07, 6.45) is 0.251. The summed E-state index contributed by atoms with van der Waals surface area (Å²) in [6, 6.07) is 1.88. The van der Waals surface area contributed by atoms with Crippen molar-refractivity contribution in [3.05, 3.63) is 0 Å². The van der Waals surface area contributed by atoms with Crippen LogP contribution in [0.1, 0.15) is 26.7 Å². The van der Waals surface area contributed by atoms with Crippen molar-refractivity contribution < 1.29 is 9.53 Å². The first-order chi connectivity index (χ1) is 5.74. The van der Waals surface area contributed by atoms with E-state index < -0.39 is 12.2 Å². The van der Waals surface area contributed by atoms with Gasteiger partial charge in [-0.05, 0) is 12.8 Å². The molecule has 0 rings (SSSR count). The second-order valence-corrected chi connectivity index (χ2v) is 2.36. The molecule has 0 aromatic rings. The van der Waals surface area contributed by atoms with Gasteiger partial charge in [0.25, 0.3) is 0 Å². The molecule has 1 N–H and O–H groups in total. The molecule has 1 unspecified atom stereocenters. The minimum atomic E-state index is -0.623. The number of nitrogens with one attached hydrogen (secondary N) is 1. The average molecular weight is 170 g/mol. The van der Waals surface area contributed by atoms with Crippen molar-refractivity contribution in [2.75, 3.05) is 6.54 Å². The van der Waals surface area contributed by atoms with Crippen molar-refractivity contribution in [2.45, 2.75) is 32.8 Å². The van der Waals surface area contributed by atoms with Crippen LogP contribution in [-0.2, 0) is 4.74 Å². The fourth-order valence-electron chi connectivity index (χ4n) is 0.599. The third kappa shape index (κ3) is 4.56. The second kappa shape index (κ2) is 6.47. The van der Waals surface area contributed by atoms with Gasteiger partial charge < -0.3 is 10.1 Å². The van der Waals surface area contributed by atoms with Crippen molar-refractivity contribution in [2.24, 2.45) is 0 Å². The number of ether oxygens (including phenoxy) is 1. The third-order valence-electron chi connectivity index (χ3n) is 1.28. The van der Waals surface area contributed by atoms with Gasteiger partial charge in [-0.2, -0.15) is 5.26 Å². The monoisotopic (exact) mass is 170 g/mol. The van der Waals surface area contributed by atoms with E-state index in [2.05, 4.69) is 5.32 Å². The average Bonchev–Trinajstić information content (AvgIpc) is 2.10. The molecule has 0 aliphatic carbocycles. The minimum absolute atomic E-state index is 0.509. The highest BCUT2D eigenvalue weighted by Crippen LogP contribution is 1.95. The van der Waals surface area contributed by atoms with Crippen LogP contribution < -0.4 is 5.32 Å². The summed E-state index contributed by atoms with van der Waals surface area (Å²) in [6.45, 7) is 4.32. The molecule has 0 heterocycles. The number of nitrogens with zero attached hydrogens (tertiary/aromatic N) is 1. The second-order valence-electron chi connectivity index (χ2n) is 2.36. The fraction of sp³-hybridized carbons (Fsp3) is 0.750. The Morgan fingerprint density at radius 2 is 2.33 bits per heavy atom. The summed E-state index contributed by atoms with van der Waals surface area (Å²) in [5.41, 5.74) is 0. The zero-order valence-electron chi connectivity index (χ0n) is 7.46. The Balaban J connectivity index is 3.61. The molecule has 0 bridgehead atoms. The van der Waals surface area contributed by atoms with E-state index in [4.69, 9.17) is 10.00 Å². The van der Waals surface area contributed by atoms with Crippen LogP contribution in [0.15, 0.2) is 0 Å². The van der Waals surface area contributed by atoms with E-state index in [0.29, 0.717) is 13.0 Å². The lowest BCUT2D eigenvalue weighted by atomic mass is 10.3. The zero-order valence-corrected chi connectivity index (χ0v) is 7.46. The van der Waals surface area contributed by atoms with Crippen LogP contribution in [0, 0.1) is 11.3 Å². The highest BCUT2D eigenvalue weighted by molar-refractivity contribution is 5.67. The van der Waals surface area contributed by atoms with E-state index in [1.165, 1.54) is 0 Å². The lowest BCUT2D eigenvalue weighted by Crippen LogP contribution is -2.28. The van der Waals surface area contributed by atoms with E-state index in [1.807, 2.05) is 13.0 Å². The van der Waals surface area contributed by atoms with Crippen molar-refractivity contribution in [1.82, 2.24) is 5.32 Å². The van der Waals surface area contributed by atoms with Crippen LogP contribution >= 0.6 is 0 Å². The van der Waals surface area contributed by atoms with Gasteiger partial charge in [0.05, 0.1) is 0 Å². The molecular formula is C8H14N2O2.